The summed E-state index contributed by atoms with van der Waals surface area (Å²) in [5, 5.41) is 9.17. The Balaban J connectivity index is 2.25. The van der Waals surface area contributed by atoms with Crippen LogP contribution < -0.4 is 0 Å². The second-order valence-corrected chi connectivity index (χ2v) is 4.80. The topological polar surface area (TPSA) is 66.8 Å². The third-order valence-electron chi connectivity index (χ3n) is 3.70. The molecule has 5 heteroatoms. The lowest BCUT2D eigenvalue weighted by atomic mass is 9.79. The Morgan fingerprint density at radius 2 is 2.06 bits per heavy atom. The third kappa shape index (κ3) is 1.64. The monoisotopic (exact) mass is 227 g/mol. The van der Waals surface area contributed by atoms with Gasteiger partial charge in [0, 0.05) is 13.1 Å². The van der Waals surface area contributed by atoms with Gasteiger partial charge in [0.2, 0.25) is 0 Å². The molecule has 16 heavy (non-hydrogen) atoms. The number of hydrogen-bond acceptors (Lipinski definition) is 4. The molecule has 2 aliphatic heterocycles. The summed E-state index contributed by atoms with van der Waals surface area (Å²) >= 11 is 0. The number of carboxylic acids is 1. The summed E-state index contributed by atoms with van der Waals surface area (Å²) in [5.41, 5.74) is -0.755. The van der Waals surface area contributed by atoms with Crippen LogP contribution in [0.1, 0.15) is 19.8 Å². The van der Waals surface area contributed by atoms with Crippen molar-refractivity contribution in [3.8, 4) is 0 Å². The minimum atomic E-state index is -1.04. The van der Waals surface area contributed by atoms with Gasteiger partial charge < -0.3 is 14.7 Å². The van der Waals surface area contributed by atoms with Gasteiger partial charge >= 0.3 is 5.97 Å². The molecule has 1 spiro atoms. The van der Waals surface area contributed by atoms with Crippen LogP contribution in [0.25, 0.3) is 0 Å². The van der Waals surface area contributed by atoms with E-state index in [-0.39, 0.29) is 5.78 Å². The van der Waals surface area contributed by atoms with Gasteiger partial charge in [-0.2, -0.15) is 0 Å². The van der Waals surface area contributed by atoms with Crippen molar-refractivity contribution in [1.82, 2.24) is 4.90 Å². The van der Waals surface area contributed by atoms with Gasteiger partial charge in [-0.05, 0) is 26.8 Å². The molecule has 5 nitrogen and oxygen atoms in total. The molecule has 1 N–H and O–H groups in total. The molecule has 2 rings (SSSR count). The zero-order chi connectivity index (χ0) is 11.9. The lowest BCUT2D eigenvalue weighted by Gasteiger charge is -2.39. The zero-order valence-corrected chi connectivity index (χ0v) is 9.60. The van der Waals surface area contributed by atoms with E-state index in [1.54, 1.807) is 6.92 Å². The van der Waals surface area contributed by atoms with E-state index in [0.717, 1.165) is 13.1 Å². The van der Waals surface area contributed by atoms with Crippen LogP contribution in [0, 0.1) is 5.92 Å². The average molecular weight is 227 g/mol. The predicted octanol–water partition coefficient (Wildman–Crippen LogP) is 0.139. The van der Waals surface area contributed by atoms with Gasteiger partial charge in [-0.25, -0.2) is 0 Å². The molecular weight excluding hydrogens is 210 g/mol. The number of likely N-dealkylation sites (tertiary alicyclic amines) is 1. The van der Waals surface area contributed by atoms with Crippen LogP contribution in [-0.2, 0) is 14.3 Å². The summed E-state index contributed by atoms with van der Waals surface area (Å²) in [4.78, 5) is 25.1. The van der Waals surface area contributed by atoms with E-state index < -0.39 is 23.6 Å². The molecular formula is C11H17NO4. The number of rotatable bonds is 1. The van der Waals surface area contributed by atoms with E-state index in [2.05, 4.69) is 4.90 Å². The summed E-state index contributed by atoms with van der Waals surface area (Å²) in [6, 6.07) is 0. The molecule has 90 valence electrons. The maximum Gasteiger partial charge on any atom is 0.317 e. The van der Waals surface area contributed by atoms with Gasteiger partial charge in [-0.15, -0.1) is 0 Å². The first-order chi connectivity index (χ1) is 7.46. The molecule has 2 unspecified atom stereocenters. The van der Waals surface area contributed by atoms with Gasteiger partial charge in [0.25, 0.3) is 0 Å². The molecule has 2 atom stereocenters. The SMILES string of the molecule is CC1OC2(CCN(C)CC2)C(C(=O)O)C1=O. The molecule has 0 aromatic heterocycles. The summed E-state index contributed by atoms with van der Waals surface area (Å²) in [6.07, 6.45) is 0.664. The highest BCUT2D eigenvalue weighted by Gasteiger charge is 2.57. The number of nitrogens with zero attached hydrogens (tertiary/aromatic N) is 1. The first-order valence-electron chi connectivity index (χ1n) is 5.59. The fourth-order valence-corrected chi connectivity index (χ4v) is 2.72. The van der Waals surface area contributed by atoms with E-state index in [0.29, 0.717) is 12.8 Å². The number of ketones is 1. The smallest absolute Gasteiger partial charge is 0.317 e. The zero-order valence-electron chi connectivity index (χ0n) is 9.60. The second kappa shape index (κ2) is 3.82. The minimum Gasteiger partial charge on any atom is -0.481 e. The van der Waals surface area contributed by atoms with Crippen molar-refractivity contribution in [3.05, 3.63) is 0 Å². The van der Waals surface area contributed by atoms with E-state index in [1.807, 2.05) is 7.05 Å². The van der Waals surface area contributed by atoms with Gasteiger partial charge in [0.1, 0.15) is 12.0 Å². The van der Waals surface area contributed by atoms with Gasteiger partial charge in [0.05, 0.1) is 5.60 Å². The Kier molecular flexibility index (Phi) is 2.75. The molecule has 0 aliphatic carbocycles. The highest BCUT2D eigenvalue weighted by Crippen LogP contribution is 2.41. The van der Waals surface area contributed by atoms with Crippen LogP contribution in [-0.4, -0.2) is 53.6 Å². The van der Waals surface area contributed by atoms with Crippen molar-refractivity contribution >= 4 is 11.8 Å². The fraction of sp³-hybridized carbons (Fsp3) is 0.818. The van der Waals surface area contributed by atoms with Gasteiger partial charge in [-0.3, -0.25) is 9.59 Å². The average Bonchev–Trinajstić information content (AvgIpc) is 2.45. The van der Waals surface area contributed by atoms with Crippen molar-refractivity contribution in [3.63, 3.8) is 0 Å². The molecule has 2 saturated heterocycles. The molecule has 2 aliphatic rings. The van der Waals surface area contributed by atoms with E-state index in [4.69, 9.17) is 4.74 Å². The lowest BCUT2D eigenvalue weighted by Crippen LogP contribution is -2.49. The Morgan fingerprint density at radius 1 is 1.50 bits per heavy atom. The Morgan fingerprint density at radius 3 is 2.56 bits per heavy atom. The van der Waals surface area contributed by atoms with E-state index in [9.17, 15) is 14.7 Å². The largest absolute Gasteiger partial charge is 0.481 e. The van der Waals surface area contributed by atoms with Crippen LogP contribution in [0.3, 0.4) is 0 Å². The quantitative estimate of drug-likeness (QED) is 0.645. The molecule has 0 aromatic carbocycles. The van der Waals surface area contributed by atoms with Gasteiger partial charge in [-0.1, -0.05) is 0 Å². The molecule has 0 bridgehead atoms. The number of hydrogen-bond donors (Lipinski definition) is 1. The van der Waals surface area contributed by atoms with Crippen LogP contribution in [0.5, 0.6) is 0 Å². The maximum absolute atomic E-state index is 11.8. The van der Waals surface area contributed by atoms with Crippen LogP contribution in [0.4, 0.5) is 0 Å². The standard InChI is InChI=1S/C11H17NO4/c1-7-9(13)8(10(14)15)11(16-7)3-5-12(2)6-4-11/h7-8H,3-6H2,1-2H3,(H,14,15). The number of aliphatic carboxylic acids is 1. The van der Waals surface area contributed by atoms with Crippen molar-refractivity contribution in [2.45, 2.75) is 31.5 Å². The number of ether oxygens (including phenoxy) is 1. The highest BCUT2D eigenvalue weighted by molar-refractivity contribution is 6.03. The van der Waals surface area contributed by atoms with Crippen LogP contribution in [0.2, 0.25) is 0 Å². The number of carbonyl (C=O) groups is 2. The molecule has 0 radical (unpaired) electrons. The Bertz CT molecular complexity index is 320. The van der Waals surface area contributed by atoms with Crippen molar-refractivity contribution in [2.75, 3.05) is 20.1 Å². The van der Waals surface area contributed by atoms with Crippen molar-refractivity contribution < 1.29 is 19.4 Å². The Labute approximate surface area is 94.4 Å². The molecule has 2 heterocycles. The normalized spacial score (nSPS) is 34.5. The highest BCUT2D eigenvalue weighted by atomic mass is 16.5. The number of piperidine rings is 1. The summed E-state index contributed by atoms with van der Waals surface area (Å²) in [5.74, 6) is -2.30. The molecule has 0 aromatic rings. The van der Waals surface area contributed by atoms with E-state index in [1.165, 1.54) is 0 Å². The Hall–Kier alpha value is -0.940. The van der Waals surface area contributed by atoms with Gasteiger partial charge in [0.15, 0.2) is 5.78 Å². The molecule has 0 amide bonds. The number of carboxylic acid groups (broad SMARTS) is 1. The fourth-order valence-electron chi connectivity index (χ4n) is 2.72. The molecule has 0 saturated carbocycles. The van der Waals surface area contributed by atoms with Crippen LogP contribution in [0.15, 0.2) is 0 Å². The number of Topliss-reactive ketones (excluding diaryl/α,β-unsaturated/α-hetero) is 1. The maximum atomic E-state index is 11.8. The van der Waals surface area contributed by atoms with E-state index >= 15 is 0 Å². The van der Waals surface area contributed by atoms with Crippen LogP contribution >= 0.6 is 0 Å². The lowest BCUT2D eigenvalue weighted by molar-refractivity contribution is -0.153. The minimum absolute atomic E-state index is 0.281. The second-order valence-electron chi connectivity index (χ2n) is 4.80. The summed E-state index contributed by atoms with van der Waals surface area (Å²) in [7, 11) is 1.99. The van der Waals surface area contributed by atoms with Crippen molar-refractivity contribution in [2.24, 2.45) is 5.92 Å². The number of carbonyl (C=O) groups excluding carboxylic acids is 1. The third-order valence-corrected chi connectivity index (χ3v) is 3.70. The summed E-state index contributed by atoms with van der Waals surface area (Å²) < 4.78 is 5.67. The first-order valence-corrected chi connectivity index (χ1v) is 5.59. The summed E-state index contributed by atoms with van der Waals surface area (Å²) in [6.45, 7) is 3.21. The predicted molar refractivity (Wildman–Crippen MR) is 56.1 cm³/mol. The van der Waals surface area contributed by atoms with Crippen molar-refractivity contribution in [1.29, 1.82) is 0 Å². The molecule has 2 fully saturated rings. The first kappa shape index (κ1) is 11.5.